The van der Waals surface area contributed by atoms with Crippen molar-refractivity contribution in [2.24, 2.45) is 0 Å². The van der Waals surface area contributed by atoms with Crippen molar-refractivity contribution in [1.82, 2.24) is 4.90 Å². The highest BCUT2D eigenvalue weighted by molar-refractivity contribution is 6.35. The van der Waals surface area contributed by atoms with Crippen LogP contribution in [0.15, 0.2) is 63.8 Å². The van der Waals surface area contributed by atoms with Gasteiger partial charge in [0.1, 0.15) is 23.8 Å². The highest BCUT2D eigenvalue weighted by atomic mass is 35.5. The Balaban J connectivity index is 1.56. The maximum Gasteiger partial charge on any atom is 0.336 e. The van der Waals surface area contributed by atoms with Gasteiger partial charge in [-0.05, 0) is 53.9 Å². The Morgan fingerprint density at radius 3 is 2.58 bits per heavy atom. The zero-order valence-electron chi connectivity index (χ0n) is 18.2. The van der Waals surface area contributed by atoms with Crippen LogP contribution < -0.4 is 15.1 Å². The summed E-state index contributed by atoms with van der Waals surface area (Å²) < 4.78 is 17.0. The Hall–Kier alpha value is -2.99. The molecule has 7 heteroatoms. The summed E-state index contributed by atoms with van der Waals surface area (Å²) in [4.78, 5) is 14.5. The van der Waals surface area contributed by atoms with E-state index < -0.39 is 5.63 Å². The van der Waals surface area contributed by atoms with Crippen molar-refractivity contribution >= 4 is 34.2 Å². The van der Waals surface area contributed by atoms with Crippen molar-refractivity contribution in [2.45, 2.75) is 20.0 Å². The molecule has 1 aromatic heterocycles. The molecular formula is C26H21Cl2NO4. The third kappa shape index (κ3) is 4.20. The van der Waals surface area contributed by atoms with Crippen molar-refractivity contribution in [3.05, 3.63) is 91.8 Å². The molecule has 0 aliphatic carbocycles. The van der Waals surface area contributed by atoms with Crippen molar-refractivity contribution in [2.75, 3.05) is 13.8 Å². The van der Waals surface area contributed by atoms with Gasteiger partial charge < -0.3 is 13.9 Å². The van der Waals surface area contributed by atoms with Crippen molar-refractivity contribution in [3.63, 3.8) is 0 Å². The minimum atomic E-state index is -0.397. The van der Waals surface area contributed by atoms with Gasteiger partial charge in [0.25, 0.3) is 0 Å². The van der Waals surface area contributed by atoms with Gasteiger partial charge in [-0.25, -0.2) is 4.79 Å². The fourth-order valence-corrected chi connectivity index (χ4v) is 4.74. The Labute approximate surface area is 201 Å². The fourth-order valence-electron chi connectivity index (χ4n) is 4.27. The molecule has 3 aromatic carbocycles. The first-order valence-electron chi connectivity index (χ1n) is 10.5. The van der Waals surface area contributed by atoms with E-state index in [1.807, 2.05) is 43.3 Å². The van der Waals surface area contributed by atoms with Crippen LogP contribution in [0.3, 0.4) is 0 Å². The summed E-state index contributed by atoms with van der Waals surface area (Å²) >= 11 is 12.4. The lowest BCUT2D eigenvalue weighted by Gasteiger charge is -2.30. The molecule has 33 heavy (non-hydrogen) atoms. The Bertz CT molecular complexity index is 1410. The maximum absolute atomic E-state index is 12.4. The maximum atomic E-state index is 12.4. The third-order valence-corrected chi connectivity index (χ3v) is 6.47. The van der Waals surface area contributed by atoms with Crippen LogP contribution in [0.5, 0.6) is 11.5 Å². The SMILES string of the molecule is COc1ccc(-c2cc(=O)oc3c(C)c4c(cc23)CN(Cc2ccc(Cl)cc2Cl)CO4)cc1. The smallest absolute Gasteiger partial charge is 0.336 e. The second kappa shape index (κ2) is 8.75. The van der Waals surface area contributed by atoms with E-state index in [1.165, 1.54) is 6.07 Å². The molecule has 168 valence electrons. The lowest BCUT2D eigenvalue weighted by Crippen LogP contribution is -2.32. The molecule has 0 amide bonds. The fraction of sp³-hybridized carbons (Fsp3) is 0.192. The third-order valence-electron chi connectivity index (χ3n) is 5.89. The van der Waals surface area contributed by atoms with Gasteiger partial charge in [0, 0.05) is 45.7 Å². The molecule has 1 aliphatic rings. The molecule has 0 unspecified atom stereocenters. The number of methoxy groups -OCH3 is 1. The van der Waals surface area contributed by atoms with Crippen LogP contribution in [0.2, 0.25) is 10.0 Å². The summed E-state index contributed by atoms with van der Waals surface area (Å²) in [5, 5.41) is 2.11. The van der Waals surface area contributed by atoms with Crippen LogP contribution in [-0.4, -0.2) is 18.7 Å². The van der Waals surface area contributed by atoms with E-state index in [0.29, 0.717) is 35.4 Å². The van der Waals surface area contributed by atoms with Crippen LogP contribution in [0.25, 0.3) is 22.1 Å². The van der Waals surface area contributed by atoms with Gasteiger partial charge in [0.05, 0.1) is 7.11 Å². The molecule has 4 aromatic rings. The number of hydrogen-bond acceptors (Lipinski definition) is 5. The number of nitrogens with zero attached hydrogens (tertiary/aromatic N) is 1. The Kier molecular flexibility index (Phi) is 5.79. The molecule has 2 heterocycles. The van der Waals surface area contributed by atoms with Gasteiger partial charge >= 0.3 is 5.63 Å². The lowest BCUT2D eigenvalue weighted by molar-refractivity contribution is 0.0881. The molecule has 0 fully saturated rings. The van der Waals surface area contributed by atoms with Crippen LogP contribution in [-0.2, 0) is 13.1 Å². The molecule has 5 nitrogen and oxygen atoms in total. The van der Waals surface area contributed by atoms with Gasteiger partial charge in [-0.15, -0.1) is 0 Å². The normalized spacial score (nSPS) is 13.6. The summed E-state index contributed by atoms with van der Waals surface area (Å²) in [6.45, 7) is 3.63. The van der Waals surface area contributed by atoms with Crippen molar-refractivity contribution in [3.8, 4) is 22.6 Å². The van der Waals surface area contributed by atoms with Gasteiger partial charge in [-0.1, -0.05) is 41.4 Å². The molecule has 1 aliphatic heterocycles. The monoisotopic (exact) mass is 481 g/mol. The Morgan fingerprint density at radius 1 is 1.06 bits per heavy atom. The number of ether oxygens (including phenoxy) is 2. The number of rotatable bonds is 4. The topological polar surface area (TPSA) is 51.9 Å². The average molecular weight is 482 g/mol. The second-order valence-electron chi connectivity index (χ2n) is 8.07. The average Bonchev–Trinajstić information content (AvgIpc) is 2.81. The first-order valence-corrected chi connectivity index (χ1v) is 11.2. The van der Waals surface area contributed by atoms with E-state index in [4.69, 9.17) is 37.1 Å². The molecule has 0 bridgehead atoms. The predicted molar refractivity (Wildman–Crippen MR) is 130 cm³/mol. The van der Waals surface area contributed by atoms with E-state index in [-0.39, 0.29) is 0 Å². The summed E-state index contributed by atoms with van der Waals surface area (Å²) in [7, 11) is 1.63. The first kappa shape index (κ1) is 21.8. The highest BCUT2D eigenvalue weighted by Gasteiger charge is 2.24. The summed E-state index contributed by atoms with van der Waals surface area (Å²) in [5.74, 6) is 1.51. The largest absolute Gasteiger partial charge is 0.497 e. The number of aryl methyl sites for hydroxylation is 1. The molecule has 0 saturated carbocycles. The van der Waals surface area contributed by atoms with Crippen LogP contribution in [0.1, 0.15) is 16.7 Å². The van der Waals surface area contributed by atoms with E-state index in [2.05, 4.69) is 11.0 Å². The van der Waals surface area contributed by atoms with Gasteiger partial charge in [-0.2, -0.15) is 0 Å². The predicted octanol–water partition coefficient (Wildman–Crippen LogP) is 6.44. The van der Waals surface area contributed by atoms with Crippen LogP contribution >= 0.6 is 23.2 Å². The minimum Gasteiger partial charge on any atom is -0.497 e. The van der Waals surface area contributed by atoms with E-state index in [9.17, 15) is 4.79 Å². The number of halogens is 2. The number of hydrogen-bond donors (Lipinski definition) is 0. The number of fused-ring (bicyclic) bond motifs is 2. The van der Waals surface area contributed by atoms with Crippen molar-refractivity contribution < 1.29 is 13.9 Å². The van der Waals surface area contributed by atoms with E-state index >= 15 is 0 Å². The van der Waals surface area contributed by atoms with Crippen LogP contribution in [0, 0.1) is 6.92 Å². The quantitative estimate of drug-likeness (QED) is 0.314. The molecule has 0 atom stereocenters. The molecule has 0 saturated heterocycles. The number of benzene rings is 3. The summed E-state index contributed by atoms with van der Waals surface area (Å²) in [6.07, 6.45) is 0. The molecule has 5 rings (SSSR count). The standard InChI is InChI=1S/C26H21Cl2NO4/c1-15-25-18(13-29(14-32-25)12-17-3-6-19(27)10-23(17)28)9-22-21(11-24(30)33-26(15)22)16-4-7-20(31-2)8-5-16/h3-11H,12-14H2,1-2H3. The van der Waals surface area contributed by atoms with Crippen LogP contribution in [0.4, 0.5) is 0 Å². The summed E-state index contributed by atoms with van der Waals surface area (Å²) in [6, 6.07) is 16.7. The van der Waals surface area contributed by atoms with Crippen molar-refractivity contribution in [1.29, 1.82) is 0 Å². The molecular weight excluding hydrogens is 461 g/mol. The second-order valence-corrected chi connectivity index (χ2v) is 8.91. The summed E-state index contributed by atoms with van der Waals surface area (Å²) in [5.41, 5.74) is 4.70. The molecule has 0 spiro atoms. The van der Waals surface area contributed by atoms with Gasteiger partial charge in [0.2, 0.25) is 0 Å². The Morgan fingerprint density at radius 2 is 1.85 bits per heavy atom. The highest BCUT2D eigenvalue weighted by Crippen LogP contribution is 2.39. The van der Waals surface area contributed by atoms with E-state index in [0.717, 1.165) is 44.7 Å². The van der Waals surface area contributed by atoms with E-state index in [1.54, 1.807) is 13.2 Å². The van der Waals surface area contributed by atoms with Gasteiger partial charge in [0.15, 0.2) is 0 Å². The zero-order chi connectivity index (χ0) is 23.1. The molecule has 0 radical (unpaired) electrons. The molecule has 0 N–H and O–H groups in total. The van der Waals surface area contributed by atoms with Gasteiger partial charge in [-0.3, -0.25) is 4.90 Å². The lowest BCUT2D eigenvalue weighted by atomic mass is 9.96. The zero-order valence-corrected chi connectivity index (χ0v) is 19.7. The minimum absolute atomic E-state index is 0.397. The first-order chi connectivity index (χ1) is 15.9.